The van der Waals surface area contributed by atoms with Gasteiger partial charge < -0.3 is 10.6 Å². The maximum Gasteiger partial charge on any atom is 0.227 e. The first kappa shape index (κ1) is 11.5. The topological polar surface area (TPSA) is 46.3 Å². The van der Waals surface area contributed by atoms with Crippen LogP contribution in [0.3, 0.4) is 0 Å². The monoisotopic (exact) mass is 198 g/mol. The van der Waals surface area contributed by atoms with Gasteiger partial charge in [0.2, 0.25) is 5.91 Å². The summed E-state index contributed by atoms with van der Waals surface area (Å²) in [6, 6.07) is 0.360. The van der Waals surface area contributed by atoms with Crippen LogP contribution in [0.5, 0.6) is 0 Å². The van der Waals surface area contributed by atoms with E-state index in [0.717, 1.165) is 25.8 Å². The highest BCUT2D eigenvalue weighted by Crippen LogP contribution is 2.23. The lowest BCUT2D eigenvalue weighted by Gasteiger charge is -2.37. The fourth-order valence-corrected chi connectivity index (χ4v) is 2.12. The van der Waals surface area contributed by atoms with Gasteiger partial charge in [0.1, 0.15) is 0 Å². The summed E-state index contributed by atoms with van der Waals surface area (Å²) in [6.07, 6.45) is 2.96. The molecule has 0 saturated carbocycles. The van der Waals surface area contributed by atoms with E-state index in [1.165, 1.54) is 0 Å². The number of rotatable bonds is 3. The average Bonchev–Trinajstić information content (AvgIpc) is 2.16. The Morgan fingerprint density at radius 2 is 2.21 bits per heavy atom. The first-order valence-electron chi connectivity index (χ1n) is 5.64. The van der Waals surface area contributed by atoms with Crippen molar-refractivity contribution in [1.29, 1.82) is 0 Å². The number of hydrogen-bond donors (Lipinski definition) is 1. The largest absolute Gasteiger partial charge is 0.340 e. The van der Waals surface area contributed by atoms with Crippen molar-refractivity contribution in [2.24, 2.45) is 11.7 Å². The standard InChI is InChI=1S/C11H22N2O/c1-4-10(12)9-6-5-7-13(8(2)3)11(9)14/h8-10H,4-7,12H2,1-3H3. The molecule has 1 fully saturated rings. The quantitative estimate of drug-likeness (QED) is 0.744. The molecule has 0 spiro atoms. The Labute approximate surface area is 86.6 Å². The Morgan fingerprint density at radius 1 is 1.57 bits per heavy atom. The molecule has 0 aromatic rings. The lowest BCUT2D eigenvalue weighted by Crippen LogP contribution is -2.50. The van der Waals surface area contributed by atoms with E-state index in [0.29, 0.717) is 6.04 Å². The van der Waals surface area contributed by atoms with E-state index >= 15 is 0 Å². The van der Waals surface area contributed by atoms with Crippen molar-refractivity contribution in [3.05, 3.63) is 0 Å². The Morgan fingerprint density at radius 3 is 2.71 bits per heavy atom. The van der Waals surface area contributed by atoms with E-state index in [1.807, 2.05) is 11.8 Å². The number of nitrogens with two attached hydrogens (primary N) is 1. The Balaban J connectivity index is 2.66. The van der Waals surface area contributed by atoms with E-state index in [9.17, 15) is 4.79 Å². The van der Waals surface area contributed by atoms with Gasteiger partial charge in [-0.1, -0.05) is 6.92 Å². The van der Waals surface area contributed by atoms with Gasteiger partial charge in [-0.2, -0.15) is 0 Å². The molecule has 2 N–H and O–H groups in total. The Kier molecular flexibility index (Phi) is 3.93. The first-order chi connectivity index (χ1) is 6.57. The number of amides is 1. The number of nitrogens with zero attached hydrogens (tertiary/aromatic N) is 1. The van der Waals surface area contributed by atoms with Crippen LogP contribution in [0.2, 0.25) is 0 Å². The maximum atomic E-state index is 12.0. The van der Waals surface area contributed by atoms with Gasteiger partial charge >= 0.3 is 0 Å². The molecule has 1 rings (SSSR count). The van der Waals surface area contributed by atoms with Crippen LogP contribution in [0.4, 0.5) is 0 Å². The van der Waals surface area contributed by atoms with Crippen LogP contribution in [0.15, 0.2) is 0 Å². The minimum atomic E-state index is 0.0454. The smallest absolute Gasteiger partial charge is 0.227 e. The van der Waals surface area contributed by atoms with Crippen molar-refractivity contribution >= 4 is 5.91 Å². The number of piperidine rings is 1. The van der Waals surface area contributed by atoms with Crippen LogP contribution in [0.1, 0.15) is 40.0 Å². The molecule has 0 aliphatic carbocycles. The molecule has 1 heterocycles. The normalized spacial score (nSPS) is 25.6. The summed E-state index contributed by atoms with van der Waals surface area (Å²) in [4.78, 5) is 14.0. The van der Waals surface area contributed by atoms with Crippen LogP contribution in [-0.2, 0) is 4.79 Å². The molecule has 0 radical (unpaired) electrons. The lowest BCUT2D eigenvalue weighted by atomic mass is 9.88. The van der Waals surface area contributed by atoms with Crippen molar-refractivity contribution in [2.45, 2.75) is 52.1 Å². The molecule has 0 aromatic heterocycles. The van der Waals surface area contributed by atoms with E-state index < -0.39 is 0 Å². The number of hydrogen-bond acceptors (Lipinski definition) is 2. The number of carbonyl (C=O) groups is 1. The third kappa shape index (κ3) is 2.27. The third-order valence-electron chi connectivity index (χ3n) is 3.13. The summed E-state index contributed by atoms with van der Waals surface area (Å²) >= 11 is 0. The molecule has 14 heavy (non-hydrogen) atoms. The van der Waals surface area contributed by atoms with Gasteiger partial charge in [-0.25, -0.2) is 0 Å². The predicted molar refractivity (Wildman–Crippen MR) is 57.8 cm³/mol. The van der Waals surface area contributed by atoms with E-state index in [2.05, 4.69) is 13.8 Å². The molecule has 2 unspecified atom stereocenters. The zero-order valence-corrected chi connectivity index (χ0v) is 9.49. The fraction of sp³-hybridized carbons (Fsp3) is 0.909. The van der Waals surface area contributed by atoms with E-state index in [1.54, 1.807) is 0 Å². The highest BCUT2D eigenvalue weighted by Gasteiger charge is 2.33. The minimum Gasteiger partial charge on any atom is -0.340 e. The second-order valence-electron chi connectivity index (χ2n) is 4.45. The number of likely N-dealkylation sites (tertiary alicyclic amines) is 1. The molecular formula is C11H22N2O. The molecule has 3 nitrogen and oxygen atoms in total. The molecular weight excluding hydrogens is 176 g/mol. The minimum absolute atomic E-state index is 0.0454. The molecule has 1 saturated heterocycles. The zero-order chi connectivity index (χ0) is 10.7. The zero-order valence-electron chi connectivity index (χ0n) is 9.49. The predicted octanol–water partition coefficient (Wildman–Crippen LogP) is 1.37. The Bertz CT molecular complexity index is 203. The molecule has 0 bridgehead atoms. The van der Waals surface area contributed by atoms with Crippen LogP contribution in [-0.4, -0.2) is 29.4 Å². The first-order valence-corrected chi connectivity index (χ1v) is 5.64. The van der Waals surface area contributed by atoms with Gasteiger partial charge in [0.25, 0.3) is 0 Å². The second-order valence-corrected chi connectivity index (χ2v) is 4.45. The van der Waals surface area contributed by atoms with Gasteiger partial charge in [-0.3, -0.25) is 4.79 Å². The van der Waals surface area contributed by atoms with Crippen molar-refractivity contribution in [3.63, 3.8) is 0 Å². The molecule has 1 aliphatic heterocycles. The van der Waals surface area contributed by atoms with Crippen molar-refractivity contribution in [2.75, 3.05) is 6.54 Å². The Hall–Kier alpha value is -0.570. The second kappa shape index (κ2) is 4.78. The van der Waals surface area contributed by atoms with Gasteiger partial charge in [0.15, 0.2) is 0 Å². The van der Waals surface area contributed by atoms with Gasteiger partial charge in [-0.15, -0.1) is 0 Å². The summed E-state index contributed by atoms with van der Waals surface area (Å²) < 4.78 is 0. The van der Waals surface area contributed by atoms with Crippen LogP contribution in [0, 0.1) is 5.92 Å². The third-order valence-corrected chi connectivity index (χ3v) is 3.13. The summed E-state index contributed by atoms with van der Waals surface area (Å²) in [7, 11) is 0. The molecule has 0 aromatic carbocycles. The average molecular weight is 198 g/mol. The summed E-state index contributed by atoms with van der Waals surface area (Å²) in [6.45, 7) is 7.09. The summed E-state index contributed by atoms with van der Waals surface area (Å²) in [5.74, 6) is 0.330. The van der Waals surface area contributed by atoms with Crippen molar-refractivity contribution in [3.8, 4) is 0 Å². The van der Waals surface area contributed by atoms with Crippen LogP contribution >= 0.6 is 0 Å². The maximum absolute atomic E-state index is 12.0. The molecule has 2 atom stereocenters. The van der Waals surface area contributed by atoms with Crippen molar-refractivity contribution < 1.29 is 4.79 Å². The van der Waals surface area contributed by atoms with E-state index in [4.69, 9.17) is 5.73 Å². The summed E-state index contributed by atoms with van der Waals surface area (Å²) in [5.41, 5.74) is 5.95. The van der Waals surface area contributed by atoms with Gasteiger partial charge in [0.05, 0.1) is 5.92 Å². The van der Waals surface area contributed by atoms with Gasteiger partial charge in [-0.05, 0) is 33.1 Å². The van der Waals surface area contributed by atoms with Crippen LogP contribution < -0.4 is 5.73 Å². The molecule has 1 amide bonds. The van der Waals surface area contributed by atoms with Gasteiger partial charge in [0, 0.05) is 18.6 Å². The van der Waals surface area contributed by atoms with Crippen molar-refractivity contribution in [1.82, 2.24) is 4.90 Å². The number of carbonyl (C=O) groups excluding carboxylic acids is 1. The highest BCUT2D eigenvalue weighted by atomic mass is 16.2. The molecule has 3 heteroatoms. The van der Waals surface area contributed by atoms with Crippen LogP contribution in [0.25, 0.3) is 0 Å². The fourth-order valence-electron chi connectivity index (χ4n) is 2.12. The molecule has 82 valence electrons. The lowest BCUT2D eigenvalue weighted by molar-refractivity contribution is -0.141. The summed E-state index contributed by atoms with van der Waals surface area (Å²) in [5, 5.41) is 0. The highest BCUT2D eigenvalue weighted by molar-refractivity contribution is 5.80. The molecule has 1 aliphatic rings. The van der Waals surface area contributed by atoms with E-state index in [-0.39, 0.29) is 17.9 Å². The SMILES string of the molecule is CCC(N)C1CCCN(C(C)C)C1=O.